The summed E-state index contributed by atoms with van der Waals surface area (Å²) in [6, 6.07) is 3.85. The van der Waals surface area contributed by atoms with Crippen molar-refractivity contribution in [2.24, 2.45) is 9.98 Å². The highest BCUT2D eigenvalue weighted by Gasteiger charge is 2.05. The number of rotatable bonds is 3. The molecule has 0 spiro atoms. The van der Waals surface area contributed by atoms with Crippen LogP contribution in [0.5, 0.6) is 0 Å². The van der Waals surface area contributed by atoms with Gasteiger partial charge in [-0.1, -0.05) is 6.07 Å². The van der Waals surface area contributed by atoms with Gasteiger partial charge in [0.25, 0.3) is 0 Å². The Morgan fingerprint density at radius 1 is 1.64 bits per heavy atom. The lowest BCUT2D eigenvalue weighted by Gasteiger charge is -2.02. The third kappa shape index (κ3) is 2.73. The summed E-state index contributed by atoms with van der Waals surface area (Å²) in [6.45, 7) is 3.44. The molecular formula is C10H10IN3. The van der Waals surface area contributed by atoms with Crippen molar-refractivity contribution < 1.29 is 0 Å². The van der Waals surface area contributed by atoms with E-state index in [9.17, 15) is 0 Å². The first-order valence-corrected chi connectivity index (χ1v) is 5.06. The van der Waals surface area contributed by atoms with Gasteiger partial charge in [-0.2, -0.15) is 0 Å². The maximum Gasteiger partial charge on any atom is 0.104 e. The van der Waals surface area contributed by atoms with Crippen LogP contribution in [-0.2, 0) is 0 Å². The predicted molar refractivity (Wildman–Crippen MR) is 69.1 cm³/mol. The zero-order chi connectivity index (χ0) is 10.4. The van der Waals surface area contributed by atoms with Crippen molar-refractivity contribution >= 4 is 38.6 Å². The quantitative estimate of drug-likeness (QED) is 0.624. The van der Waals surface area contributed by atoms with Gasteiger partial charge >= 0.3 is 0 Å². The molecule has 1 aromatic heterocycles. The van der Waals surface area contributed by atoms with Crippen LogP contribution in [0.15, 0.2) is 40.7 Å². The summed E-state index contributed by atoms with van der Waals surface area (Å²) >= 11 is 2.16. The molecule has 0 aliphatic carbocycles. The topological polar surface area (TPSA) is 37.6 Å². The normalized spacial score (nSPS) is 12.7. The first-order valence-electron chi connectivity index (χ1n) is 3.98. The van der Waals surface area contributed by atoms with Crippen LogP contribution < -0.4 is 0 Å². The van der Waals surface area contributed by atoms with Crippen LogP contribution in [-0.4, -0.2) is 22.5 Å². The largest absolute Gasteiger partial charge is 0.281 e. The van der Waals surface area contributed by atoms with Crippen molar-refractivity contribution in [1.29, 1.82) is 0 Å². The molecular weight excluding hydrogens is 289 g/mol. The maximum absolute atomic E-state index is 4.10. The summed E-state index contributed by atoms with van der Waals surface area (Å²) in [5.74, 6) is 0. The van der Waals surface area contributed by atoms with Crippen LogP contribution in [0.1, 0.15) is 5.56 Å². The average Bonchev–Trinajstić information content (AvgIpc) is 2.26. The van der Waals surface area contributed by atoms with Crippen molar-refractivity contribution in [3.63, 3.8) is 0 Å². The molecule has 0 aromatic carbocycles. The molecule has 0 aliphatic heterocycles. The fourth-order valence-corrected chi connectivity index (χ4v) is 1.43. The van der Waals surface area contributed by atoms with Gasteiger partial charge in [0.1, 0.15) is 3.72 Å². The Morgan fingerprint density at radius 2 is 2.43 bits per heavy atom. The second kappa shape index (κ2) is 5.64. The van der Waals surface area contributed by atoms with Gasteiger partial charge in [0.2, 0.25) is 0 Å². The molecule has 0 atom stereocenters. The van der Waals surface area contributed by atoms with Gasteiger partial charge in [-0.05, 0) is 35.4 Å². The van der Waals surface area contributed by atoms with Crippen LogP contribution in [0.4, 0.5) is 0 Å². The number of hydrogen-bond acceptors (Lipinski definition) is 3. The first kappa shape index (κ1) is 11.0. The van der Waals surface area contributed by atoms with Crippen molar-refractivity contribution in [2.75, 3.05) is 7.05 Å². The molecule has 1 rings (SSSR count). The molecule has 0 unspecified atom stereocenters. The average molecular weight is 299 g/mol. The third-order valence-corrected chi connectivity index (χ3v) is 2.68. The minimum atomic E-state index is 0.892. The molecule has 72 valence electrons. The summed E-state index contributed by atoms with van der Waals surface area (Å²) in [5, 5.41) is 0. The van der Waals surface area contributed by atoms with Crippen LogP contribution >= 0.6 is 22.6 Å². The Kier molecular flexibility index (Phi) is 4.45. The number of hydrogen-bond donors (Lipinski definition) is 0. The highest BCUT2D eigenvalue weighted by atomic mass is 127. The molecule has 0 fully saturated rings. The highest BCUT2D eigenvalue weighted by molar-refractivity contribution is 14.1. The fraction of sp³-hybridized carbons (Fsp3) is 0.100. The fourth-order valence-electron chi connectivity index (χ4n) is 0.981. The van der Waals surface area contributed by atoms with Gasteiger partial charge < -0.3 is 0 Å². The number of nitrogens with zero attached hydrogens (tertiary/aromatic N) is 3. The SMILES string of the molecule is C=N/C=C(\C(I)=N/C)c1cccnc1. The molecule has 1 heterocycles. The molecule has 3 nitrogen and oxygen atoms in total. The molecule has 1 aromatic rings. The number of aromatic nitrogens is 1. The Balaban J connectivity index is 3.14. The van der Waals surface area contributed by atoms with Gasteiger partial charge in [0.15, 0.2) is 0 Å². The third-order valence-electron chi connectivity index (χ3n) is 1.61. The van der Waals surface area contributed by atoms with Crippen molar-refractivity contribution in [3.8, 4) is 0 Å². The van der Waals surface area contributed by atoms with E-state index in [-0.39, 0.29) is 0 Å². The second-order valence-corrected chi connectivity index (χ2v) is 3.50. The highest BCUT2D eigenvalue weighted by Crippen LogP contribution is 2.18. The summed E-state index contributed by atoms with van der Waals surface area (Å²) in [6.07, 6.45) is 5.20. The maximum atomic E-state index is 4.10. The lowest BCUT2D eigenvalue weighted by atomic mass is 10.1. The molecule has 0 saturated carbocycles. The lowest BCUT2D eigenvalue weighted by Crippen LogP contribution is -1.93. The Hall–Kier alpha value is -1.04. The van der Waals surface area contributed by atoms with Crippen molar-refractivity contribution in [2.45, 2.75) is 0 Å². The van der Waals surface area contributed by atoms with Crippen molar-refractivity contribution in [1.82, 2.24) is 4.98 Å². The van der Waals surface area contributed by atoms with E-state index in [1.165, 1.54) is 0 Å². The molecule has 0 bridgehead atoms. The van der Waals surface area contributed by atoms with Crippen LogP contribution in [0.2, 0.25) is 0 Å². The predicted octanol–water partition coefficient (Wildman–Crippen LogP) is 2.59. The zero-order valence-corrected chi connectivity index (χ0v) is 9.97. The Labute approximate surface area is 96.8 Å². The molecule has 0 aliphatic rings. The lowest BCUT2D eigenvalue weighted by molar-refractivity contribution is 1.31. The van der Waals surface area contributed by atoms with E-state index in [0.29, 0.717) is 0 Å². The van der Waals surface area contributed by atoms with Gasteiger partial charge in [-0.3, -0.25) is 15.0 Å². The van der Waals surface area contributed by atoms with E-state index in [2.05, 4.69) is 44.3 Å². The van der Waals surface area contributed by atoms with Crippen LogP contribution in [0, 0.1) is 0 Å². The molecule has 0 radical (unpaired) electrons. The van der Waals surface area contributed by atoms with Crippen LogP contribution in [0.3, 0.4) is 0 Å². The monoisotopic (exact) mass is 299 g/mol. The molecule has 0 amide bonds. The minimum Gasteiger partial charge on any atom is -0.281 e. The summed E-state index contributed by atoms with van der Waals surface area (Å²) in [7, 11) is 1.75. The zero-order valence-electron chi connectivity index (χ0n) is 7.81. The van der Waals surface area contributed by atoms with E-state index in [4.69, 9.17) is 0 Å². The smallest absolute Gasteiger partial charge is 0.104 e. The van der Waals surface area contributed by atoms with E-state index in [1.807, 2.05) is 12.1 Å². The summed E-state index contributed by atoms with van der Waals surface area (Å²) < 4.78 is 0.892. The number of aliphatic imine (C=N–C) groups is 2. The summed E-state index contributed by atoms with van der Waals surface area (Å²) in [5.41, 5.74) is 1.94. The number of allylic oxidation sites excluding steroid dienone is 1. The number of pyridine rings is 1. The molecule has 14 heavy (non-hydrogen) atoms. The van der Waals surface area contributed by atoms with Gasteiger partial charge in [0, 0.05) is 36.8 Å². The number of halogens is 1. The van der Waals surface area contributed by atoms with Gasteiger partial charge in [0.05, 0.1) is 0 Å². The van der Waals surface area contributed by atoms with Crippen molar-refractivity contribution in [3.05, 3.63) is 36.3 Å². The van der Waals surface area contributed by atoms with E-state index >= 15 is 0 Å². The molecule has 0 saturated heterocycles. The Bertz CT molecular complexity index is 368. The Morgan fingerprint density at radius 3 is 2.93 bits per heavy atom. The standard InChI is InChI=1S/C10H10IN3/c1-12-7-9(10(11)13-2)8-4-3-5-14-6-8/h3-7H,1H2,2H3/b9-7-,13-10+. The van der Waals surface area contributed by atoms with E-state index in [1.54, 1.807) is 25.6 Å². The minimum absolute atomic E-state index is 0.892. The molecule has 0 N–H and O–H groups in total. The van der Waals surface area contributed by atoms with Gasteiger partial charge in [-0.25, -0.2) is 0 Å². The van der Waals surface area contributed by atoms with Gasteiger partial charge in [-0.15, -0.1) is 0 Å². The molecule has 4 heteroatoms. The first-order chi connectivity index (χ1) is 6.79. The second-order valence-electron chi connectivity index (χ2n) is 2.48. The van der Waals surface area contributed by atoms with Crippen LogP contribution in [0.25, 0.3) is 5.57 Å². The van der Waals surface area contributed by atoms with E-state index < -0.39 is 0 Å². The summed E-state index contributed by atoms with van der Waals surface area (Å²) in [4.78, 5) is 11.9. The van der Waals surface area contributed by atoms with E-state index in [0.717, 1.165) is 14.9 Å².